The van der Waals surface area contributed by atoms with E-state index in [9.17, 15) is 0 Å². The maximum Gasteiger partial charge on any atom is 0.136 e. The van der Waals surface area contributed by atoms with Crippen molar-refractivity contribution in [3.8, 4) is 0 Å². The molecule has 0 aliphatic carbocycles. The SMILES string of the molecule is c1ccc2cc3c(cc2c1)oc1ccc(Nc2cccc4sc5ccccc5c24)cc13. The minimum Gasteiger partial charge on any atom is -0.456 e. The van der Waals surface area contributed by atoms with Crippen molar-refractivity contribution in [1.82, 2.24) is 0 Å². The zero-order valence-electron chi connectivity index (χ0n) is 16.6. The lowest BCUT2D eigenvalue weighted by Crippen LogP contribution is -1.90. The molecule has 0 bridgehead atoms. The van der Waals surface area contributed by atoms with Crippen LogP contribution in [0.25, 0.3) is 52.9 Å². The summed E-state index contributed by atoms with van der Waals surface area (Å²) in [4.78, 5) is 0. The minimum atomic E-state index is 0.912. The van der Waals surface area contributed by atoms with E-state index in [1.54, 1.807) is 0 Å². The molecule has 0 atom stereocenters. The van der Waals surface area contributed by atoms with Gasteiger partial charge in [-0.25, -0.2) is 0 Å². The summed E-state index contributed by atoms with van der Waals surface area (Å²) in [5.41, 5.74) is 4.03. The smallest absolute Gasteiger partial charge is 0.136 e. The zero-order valence-corrected chi connectivity index (χ0v) is 17.4. The van der Waals surface area contributed by atoms with Crippen molar-refractivity contribution in [1.29, 1.82) is 0 Å². The lowest BCUT2D eigenvalue weighted by atomic mass is 10.1. The highest BCUT2D eigenvalue weighted by atomic mass is 32.1. The standard InChI is InChI=1S/C28H17NOS/c1-2-7-18-15-25-21(14-17(18)6-1)22-16-19(12-13-24(22)30-25)29-23-9-5-11-27-28(23)20-8-3-4-10-26(20)31-27/h1-16,29H. The molecule has 0 aliphatic rings. The second-order valence-electron chi connectivity index (χ2n) is 7.91. The third-order valence-corrected chi connectivity index (χ3v) is 7.16. The van der Waals surface area contributed by atoms with Crippen molar-refractivity contribution < 1.29 is 4.42 Å². The summed E-state index contributed by atoms with van der Waals surface area (Å²) >= 11 is 1.84. The molecule has 0 fully saturated rings. The topological polar surface area (TPSA) is 25.2 Å². The molecule has 2 heterocycles. The van der Waals surface area contributed by atoms with Gasteiger partial charge in [0, 0.05) is 42.3 Å². The Morgan fingerprint density at radius 2 is 1.35 bits per heavy atom. The summed E-state index contributed by atoms with van der Waals surface area (Å²) in [5, 5.41) is 11.0. The fraction of sp³-hybridized carbons (Fsp3) is 0. The van der Waals surface area contributed by atoms with Crippen LogP contribution in [0.2, 0.25) is 0 Å². The first-order valence-corrected chi connectivity index (χ1v) is 11.2. The van der Waals surface area contributed by atoms with Gasteiger partial charge in [-0.2, -0.15) is 0 Å². The summed E-state index contributed by atoms with van der Waals surface area (Å²) < 4.78 is 8.77. The van der Waals surface area contributed by atoms with Gasteiger partial charge >= 0.3 is 0 Å². The number of anilines is 2. The molecule has 0 aliphatic heterocycles. The highest BCUT2D eigenvalue weighted by Crippen LogP contribution is 2.40. The summed E-state index contributed by atoms with van der Waals surface area (Å²) in [6, 6.07) is 34.2. The van der Waals surface area contributed by atoms with Crippen molar-refractivity contribution in [3.63, 3.8) is 0 Å². The van der Waals surface area contributed by atoms with Gasteiger partial charge in [0.05, 0.1) is 0 Å². The van der Waals surface area contributed by atoms with Crippen LogP contribution in [0.5, 0.6) is 0 Å². The van der Waals surface area contributed by atoms with Gasteiger partial charge in [-0.05, 0) is 59.3 Å². The summed E-state index contributed by atoms with van der Waals surface area (Å²) in [6.45, 7) is 0. The minimum absolute atomic E-state index is 0.912. The molecule has 0 unspecified atom stereocenters. The molecule has 0 radical (unpaired) electrons. The number of thiophene rings is 1. The average Bonchev–Trinajstić information content (AvgIpc) is 3.35. The van der Waals surface area contributed by atoms with E-state index in [1.807, 2.05) is 11.3 Å². The molecule has 1 N–H and O–H groups in total. The summed E-state index contributed by atoms with van der Waals surface area (Å²) in [6.07, 6.45) is 0. The van der Waals surface area contributed by atoms with Gasteiger partial charge in [-0.15, -0.1) is 11.3 Å². The zero-order chi connectivity index (χ0) is 20.4. The van der Waals surface area contributed by atoms with Crippen LogP contribution >= 0.6 is 11.3 Å². The maximum atomic E-state index is 6.16. The number of rotatable bonds is 2. The van der Waals surface area contributed by atoms with Crippen LogP contribution < -0.4 is 5.32 Å². The van der Waals surface area contributed by atoms with Crippen molar-refractivity contribution >= 4 is 75.6 Å². The summed E-state index contributed by atoms with van der Waals surface area (Å²) in [5.74, 6) is 0. The molecule has 2 nitrogen and oxygen atoms in total. The predicted molar refractivity (Wildman–Crippen MR) is 134 cm³/mol. The molecule has 146 valence electrons. The molecule has 31 heavy (non-hydrogen) atoms. The van der Waals surface area contributed by atoms with Crippen molar-refractivity contribution in [2.75, 3.05) is 5.32 Å². The van der Waals surface area contributed by atoms with Crippen molar-refractivity contribution in [2.24, 2.45) is 0 Å². The van der Waals surface area contributed by atoms with E-state index >= 15 is 0 Å². The monoisotopic (exact) mass is 415 g/mol. The van der Waals surface area contributed by atoms with Crippen LogP contribution in [0.15, 0.2) is 101 Å². The normalized spacial score (nSPS) is 11.9. The summed E-state index contributed by atoms with van der Waals surface area (Å²) in [7, 11) is 0. The second kappa shape index (κ2) is 6.34. The van der Waals surface area contributed by atoms with Gasteiger partial charge in [-0.3, -0.25) is 0 Å². The molecular formula is C28H17NOS. The molecule has 0 amide bonds. The number of benzene rings is 5. The van der Waals surface area contributed by atoms with E-state index in [4.69, 9.17) is 4.42 Å². The maximum absolute atomic E-state index is 6.16. The Kier molecular flexibility index (Phi) is 3.46. The highest BCUT2D eigenvalue weighted by Gasteiger charge is 2.12. The van der Waals surface area contributed by atoms with Crippen LogP contribution in [0.3, 0.4) is 0 Å². The molecule has 7 aromatic rings. The van der Waals surface area contributed by atoms with Crippen LogP contribution in [0, 0.1) is 0 Å². The van der Waals surface area contributed by atoms with E-state index in [1.165, 1.54) is 30.9 Å². The van der Waals surface area contributed by atoms with E-state index in [0.29, 0.717) is 0 Å². The number of nitrogens with one attached hydrogen (secondary N) is 1. The van der Waals surface area contributed by atoms with Crippen LogP contribution in [-0.4, -0.2) is 0 Å². The third kappa shape index (κ3) is 2.57. The number of hydrogen-bond acceptors (Lipinski definition) is 3. The number of fused-ring (bicyclic) bond motifs is 7. The fourth-order valence-electron chi connectivity index (χ4n) is 4.57. The molecule has 0 saturated heterocycles. The van der Waals surface area contributed by atoms with Crippen molar-refractivity contribution in [3.05, 3.63) is 97.1 Å². The predicted octanol–water partition coefficient (Wildman–Crippen LogP) is 8.85. The first-order chi connectivity index (χ1) is 15.3. The van der Waals surface area contributed by atoms with Gasteiger partial charge in [0.15, 0.2) is 0 Å². The Hall–Kier alpha value is -3.82. The number of furan rings is 1. The third-order valence-electron chi connectivity index (χ3n) is 6.02. The van der Waals surface area contributed by atoms with Gasteiger partial charge in [-0.1, -0.05) is 48.5 Å². The van der Waals surface area contributed by atoms with Crippen molar-refractivity contribution in [2.45, 2.75) is 0 Å². The molecule has 5 aromatic carbocycles. The molecule has 0 saturated carbocycles. The van der Waals surface area contributed by atoms with Crippen LogP contribution in [-0.2, 0) is 0 Å². The van der Waals surface area contributed by atoms with E-state index in [-0.39, 0.29) is 0 Å². The van der Waals surface area contributed by atoms with E-state index in [2.05, 4.69) is 102 Å². The number of hydrogen-bond donors (Lipinski definition) is 1. The van der Waals surface area contributed by atoms with E-state index < -0.39 is 0 Å². The lowest BCUT2D eigenvalue weighted by Gasteiger charge is -2.08. The van der Waals surface area contributed by atoms with Gasteiger partial charge < -0.3 is 9.73 Å². The highest BCUT2D eigenvalue weighted by molar-refractivity contribution is 7.25. The fourth-order valence-corrected chi connectivity index (χ4v) is 5.71. The Labute approximate surface area is 182 Å². The van der Waals surface area contributed by atoms with Gasteiger partial charge in [0.1, 0.15) is 11.2 Å². The van der Waals surface area contributed by atoms with Crippen LogP contribution in [0.1, 0.15) is 0 Å². The largest absolute Gasteiger partial charge is 0.456 e. The van der Waals surface area contributed by atoms with Crippen LogP contribution in [0.4, 0.5) is 11.4 Å². The average molecular weight is 416 g/mol. The molecule has 3 heteroatoms. The molecule has 2 aromatic heterocycles. The Balaban J connectivity index is 1.41. The molecule has 0 spiro atoms. The Morgan fingerprint density at radius 1 is 0.581 bits per heavy atom. The van der Waals surface area contributed by atoms with Gasteiger partial charge in [0.25, 0.3) is 0 Å². The molecule has 7 rings (SSSR count). The quantitative estimate of drug-likeness (QED) is 0.305. The Bertz CT molecular complexity index is 1770. The first kappa shape index (κ1) is 16.9. The van der Waals surface area contributed by atoms with E-state index in [0.717, 1.165) is 33.3 Å². The lowest BCUT2D eigenvalue weighted by molar-refractivity contribution is 0.669. The molecular weight excluding hydrogens is 398 g/mol. The first-order valence-electron chi connectivity index (χ1n) is 10.4. The second-order valence-corrected chi connectivity index (χ2v) is 8.99. The van der Waals surface area contributed by atoms with Gasteiger partial charge in [0.2, 0.25) is 0 Å². The Morgan fingerprint density at radius 3 is 2.29 bits per heavy atom.